The average Bonchev–Trinajstić information content (AvgIpc) is 2.14. The molecule has 4 nitrogen and oxygen atoms in total. The Morgan fingerprint density at radius 1 is 1.62 bits per heavy atom. The van der Waals surface area contributed by atoms with E-state index in [9.17, 15) is 0 Å². The summed E-state index contributed by atoms with van der Waals surface area (Å²) in [5.74, 6) is 0.352. The smallest absolute Gasteiger partial charge is 0.318 e. The van der Waals surface area contributed by atoms with Gasteiger partial charge in [0, 0.05) is 0 Å². The van der Waals surface area contributed by atoms with Crippen molar-refractivity contribution in [3.05, 3.63) is 17.1 Å². The molecule has 0 fully saturated rings. The fourth-order valence-electron chi connectivity index (χ4n) is 0.384. The fourth-order valence-corrected chi connectivity index (χ4v) is 0.384. The lowest BCUT2D eigenvalue weighted by atomic mass is 10.5. The zero-order valence-corrected chi connectivity index (χ0v) is 4.34. The van der Waals surface area contributed by atoms with Crippen molar-refractivity contribution in [2.75, 3.05) is 0 Å². The largest absolute Gasteiger partial charge is 0.357 e. The topological polar surface area (TPSA) is 45.9 Å². The first-order chi connectivity index (χ1) is 3.84. The van der Waals surface area contributed by atoms with E-state index in [2.05, 4.69) is 20.3 Å². The van der Waals surface area contributed by atoms with Gasteiger partial charge in [-0.25, -0.2) is 0 Å². The predicted octanol–water partition coefficient (Wildman–Crippen LogP) is 0.664. The van der Waals surface area contributed by atoms with Crippen LogP contribution in [-0.4, -0.2) is 15.4 Å². The number of aryl methyl sites for hydroxylation is 1. The molecule has 1 aromatic heterocycles. The number of H-pyrrole nitrogens is 1. The van der Waals surface area contributed by atoms with E-state index in [0.29, 0.717) is 11.5 Å². The molecule has 1 aromatic rings. The number of rotatable bonds is 0. The van der Waals surface area contributed by atoms with Crippen LogP contribution in [0.25, 0.3) is 4.85 Å². The van der Waals surface area contributed by atoms with Gasteiger partial charge in [-0.1, -0.05) is 6.57 Å². The second-order valence-corrected chi connectivity index (χ2v) is 1.34. The normalized spacial score (nSPS) is 8.50. The highest BCUT2D eigenvalue weighted by Crippen LogP contribution is 2.07. The molecule has 0 saturated carbocycles. The molecule has 0 aromatic carbocycles. The number of aromatic nitrogens is 3. The third-order valence-electron chi connectivity index (χ3n) is 0.803. The molecule has 0 amide bonds. The van der Waals surface area contributed by atoms with E-state index in [1.807, 2.05) is 0 Å². The number of aromatic amines is 1. The molecule has 0 aliphatic rings. The maximum Gasteiger partial charge on any atom is 0.318 e. The van der Waals surface area contributed by atoms with E-state index in [-0.39, 0.29) is 0 Å². The maximum absolute atomic E-state index is 6.50. The van der Waals surface area contributed by atoms with Crippen molar-refractivity contribution in [1.29, 1.82) is 0 Å². The van der Waals surface area contributed by atoms with Crippen LogP contribution in [-0.2, 0) is 0 Å². The molecule has 4 heteroatoms. The molecule has 0 unspecified atom stereocenters. The molecule has 0 spiro atoms. The second-order valence-electron chi connectivity index (χ2n) is 1.34. The van der Waals surface area contributed by atoms with Crippen molar-refractivity contribution < 1.29 is 0 Å². The molecule has 0 bridgehead atoms. The van der Waals surface area contributed by atoms with E-state index in [4.69, 9.17) is 6.57 Å². The molecule has 1 N–H and O–H groups in total. The van der Waals surface area contributed by atoms with Gasteiger partial charge in [-0.15, -0.1) is 5.21 Å². The van der Waals surface area contributed by atoms with Crippen molar-refractivity contribution in [2.45, 2.75) is 6.92 Å². The van der Waals surface area contributed by atoms with Crippen molar-refractivity contribution in [3.63, 3.8) is 0 Å². The lowest BCUT2D eigenvalue weighted by Crippen LogP contribution is -1.67. The summed E-state index contributed by atoms with van der Waals surface area (Å²) in [5.41, 5.74) is 0.653. The third kappa shape index (κ3) is 0.540. The van der Waals surface area contributed by atoms with Crippen LogP contribution >= 0.6 is 0 Å². The first kappa shape index (κ1) is 4.78. The summed E-state index contributed by atoms with van der Waals surface area (Å²) in [7, 11) is 0. The van der Waals surface area contributed by atoms with Gasteiger partial charge in [0.15, 0.2) is 0 Å². The van der Waals surface area contributed by atoms with Gasteiger partial charge in [0.05, 0.1) is 5.69 Å². The van der Waals surface area contributed by atoms with E-state index in [1.54, 1.807) is 6.92 Å². The minimum Gasteiger partial charge on any atom is -0.357 e. The van der Waals surface area contributed by atoms with Crippen LogP contribution in [0.5, 0.6) is 0 Å². The highest BCUT2D eigenvalue weighted by molar-refractivity contribution is 5.37. The van der Waals surface area contributed by atoms with E-state index in [1.165, 1.54) is 0 Å². The van der Waals surface area contributed by atoms with Crippen LogP contribution in [0.4, 0.5) is 5.82 Å². The van der Waals surface area contributed by atoms with Gasteiger partial charge in [0.1, 0.15) is 0 Å². The zero-order chi connectivity index (χ0) is 5.98. The van der Waals surface area contributed by atoms with Crippen LogP contribution in [0.15, 0.2) is 0 Å². The molecule has 1 heterocycles. The van der Waals surface area contributed by atoms with Gasteiger partial charge < -0.3 is 4.85 Å². The number of hydrogen-bond donors (Lipinski definition) is 1. The first-order valence-electron chi connectivity index (χ1n) is 2.09. The Labute approximate surface area is 46.3 Å². The summed E-state index contributed by atoms with van der Waals surface area (Å²) >= 11 is 0. The molecule has 0 radical (unpaired) electrons. The van der Waals surface area contributed by atoms with Crippen molar-refractivity contribution in [2.24, 2.45) is 0 Å². The molecule has 0 saturated heterocycles. The molecule has 40 valence electrons. The number of nitrogens with zero attached hydrogens (tertiary/aromatic N) is 3. The number of nitrogens with one attached hydrogen (secondary N) is 1. The number of hydrogen-bond acceptors (Lipinski definition) is 2. The van der Waals surface area contributed by atoms with Crippen LogP contribution in [0.2, 0.25) is 0 Å². The summed E-state index contributed by atoms with van der Waals surface area (Å²) in [4.78, 5) is 3.08. The van der Waals surface area contributed by atoms with E-state index < -0.39 is 0 Å². The summed E-state index contributed by atoms with van der Waals surface area (Å²) in [6, 6.07) is 0. The Kier molecular flexibility index (Phi) is 0.968. The minimum atomic E-state index is 0.352. The third-order valence-corrected chi connectivity index (χ3v) is 0.803. The molecular weight excluding hydrogens is 104 g/mol. The first-order valence-corrected chi connectivity index (χ1v) is 2.09. The molecule has 0 atom stereocenters. The van der Waals surface area contributed by atoms with Crippen molar-refractivity contribution in [1.82, 2.24) is 15.4 Å². The maximum atomic E-state index is 6.50. The summed E-state index contributed by atoms with van der Waals surface area (Å²) in [6.45, 7) is 8.24. The second kappa shape index (κ2) is 1.62. The van der Waals surface area contributed by atoms with Gasteiger partial charge in [-0.2, -0.15) is 5.10 Å². The quantitative estimate of drug-likeness (QED) is 0.496. The Hall–Kier alpha value is -1.37. The minimum absolute atomic E-state index is 0.352. The summed E-state index contributed by atoms with van der Waals surface area (Å²) < 4.78 is 0. The Bertz CT molecular complexity index is 218. The highest BCUT2D eigenvalue weighted by atomic mass is 15.3. The highest BCUT2D eigenvalue weighted by Gasteiger charge is 1.98. The van der Waals surface area contributed by atoms with Gasteiger partial charge in [0.25, 0.3) is 0 Å². The standard InChI is InChI=1S/C4H4N4/c1-3-4(5-2)7-8-6-3/h1H3,(H,6,7,8). The SMILES string of the molecule is [C-]#[N+]c1n[nH]nc1C. The molecule has 1 rings (SSSR count). The molecule has 8 heavy (non-hydrogen) atoms. The average molecular weight is 108 g/mol. The van der Waals surface area contributed by atoms with Gasteiger partial charge in [-0.3, -0.25) is 0 Å². The van der Waals surface area contributed by atoms with Crippen molar-refractivity contribution >= 4 is 5.82 Å². The Morgan fingerprint density at radius 2 is 2.38 bits per heavy atom. The summed E-state index contributed by atoms with van der Waals surface area (Å²) in [6.07, 6.45) is 0. The van der Waals surface area contributed by atoms with Crippen LogP contribution < -0.4 is 0 Å². The van der Waals surface area contributed by atoms with E-state index >= 15 is 0 Å². The Morgan fingerprint density at radius 3 is 2.62 bits per heavy atom. The van der Waals surface area contributed by atoms with Crippen LogP contribution in [0.1, 0.15) is 5.69 Å². The van der Waals surface area contributed by atoms with Crippen LogP contribution in [0.3, 0.4) is 0 Å². The zero-order valence-electron chi connectivity index (χ0n) is 4.34. The molecular formula is C4H4N4. The Balaban J connectivity index is 3.15. The molecule has 0 aliphatic heterocycles. The monoisotopic (exact) mass is 108 g/mol. The van der Waals surface area contributed by atoms with Crippen molar-refractivity contribution in [3.8, 4) is 0 Å². The fraction of sp³-hybridized carbons (Fsp3) is 0.250. The lowest BCUT2D eigenvalue weighted by Gasteiger charge is -1.73. The molecule has 0 aliphatic carbocycles. The lowest BCUT2D eigenvalue weighted by molar-refractivity contribution is 0.931. The van der Waals surface area contributed by atoms with E-state index in [0.717, 1.165) is 0 Å². The predicted molar refractivity (Wildman–Crippen MR) is 27.4 cm³/mol. The van der Waals surface area contributed by atoms with Gasteiger partial charge in [-0.05, 0) is 12.0 Å². The van der Waals surface area contributed by atoms with Crippen LogP contribution in [0, 0.1) is 13.5 Å². The summed E-state index contributed by atoms with van der Waals surface area (Å²) in [5, 5.41) is 9.52. The van der Waals surface area contributed by atoms with Gasteiger partial charge >= 0.3 is 5.82 Å². The van der Waals surface area contributed by atoms with Gasteiger partial charge in [0.2, 0.25) is 0 Å².